The molecule has 0 amide bonds. The third-order valence-electron chi connectivity index (χ3n) is 5.16. The topological polar surface area (TPSA) is 78.8 Å². The van der Waals surface area contributed by atoms with Crippen molar-refractivity contribution in [1.82, 2.24) is 9.13 Å². The Labute approximate surface area is 190 Å². The maximum atomic E-state index is 13.1. The average Bonchev–Trinajstić information content (AvgIpc) is 3.35. The van der Waals surface area contributed by atoms with E-state index in [4.69, 9.17) is 4.42 Å². The van der Waals surface area contributed by atoms with Crippen molar-refractivity contribution < 1.29 is 4.42 Å². The van der Waals surface area contributed by atoms with Gasteiger partial charge in [-0.1, -0.05) is 71.3 Å². The summed E-state index contributed by atoms with van der Waals surface area (Å²) in [6, 6.07) is 25.4. The van der Waals surface area contributed by atoms with Crippen LogP contribution in [-0.4, -0.2) is 9.13 Å². The van der Waals surface area contributed by atoms with E-state index in [1.54, 1.807) is 31.5 Å². The summed E-state index contributed by atoms with van der Waals surface area (Å²) in [6.07, 6.45) is 1.59. The predicted molar refractivity (Wildman–Crippen MR) is 128 cm³/mol. The Morgan fingerprint density at radius 3 is 2.27 bits per heavy atom. The summed E-state index contributed by atoms with van der Waals surface area (Å²) in [5.74, 6) is 1.08. The highest BCUT2D eigenvalue weighted by atomic mass is 16.3. The van der Waals surface area contributed by atoms with Crippen molar-refractivity contribution in [3.63, 3.8) is 0 Å². The Hall–Kier alpha value is -4.51. The summed E-state index contributed by atoms with van der Waals surface area (Å²) in [6.45, 7) is 0.777. The lowest BCUT2D eigenvalue weighted by Crippen LogP contribution is -2.42. The molecule has 0 aliphatic rings. The lowest BCUT2D eigenvalue weighted by atomic mass is 10.2. The van der Waals surface area contributed by atoms with Crippen LogP contribution in [0.15, 0.2) is 93.1 Å². The van der Waals surface area contributed by atoms with Crippen LogP contribution >= 0.6 is 0 Å². The van der Waals surface area contributed by atoms with Gasteiger partial charge >= 0.3 is 11.8 Å². The van der Waals surface area contributed by atoms with Gasteiger partial charge in [0.2, 0.25) is 5.56 Å². The molecular formula is C25H23N5O3. The minimum Gasteiger partial charge on any atom is -0.467 e. The Balaban J connectivity index is 1.83. The molecule has 0 spiro atoms. The van der Waals surface area contributed by atoms with Crippen LogP contribution in [-0.2, 0) is 27.2 Å². The highest BCUT2D eigenvalue weighted by Gasteiger charge is 2.24. The highest BCUT2D eigenvalue weighted by Crippen LogP contribution is 2.22. The summed E-state index contributed by atoms with van der Waals surface area (Å²) in [5.41, 5.74) is 4.96. The van der Waals surface area contributed by atoms with Gasteiger partial charge in [0.25, 0.3) is 5.56 Å². The van der Waals surface area contributed by atoms with Gasteiger partial charge in [-0.3, -0.25) is 19.4 Å². The molecule has 4 rings (SSSR count). The van der Waals surface area contributed by atoms with Crippen molar-refractivity contribution >= 4 is 11.5 Å². The molecule has 0 aliphatic carbocycles. The van der Waals surface area contributed by atoms with Gasteiger partial charge in [0.15, 0.2) is 0 Å². The zero-order chi connectivity index (χ0) is 23.2. The molecule has 0 saturated carbocycles. The second-order valence-corrected chi connectivity index (χ2v) is 7.47. The first-order valence-corrected chi connectivity index (χ1v) is 10.4. The van der Waals surface area contributed by atoms with E-state index in [1.807, 2.05) is 59.5 Å². The van der Waals surface area contributed by atoms with E-state index in [9.17, 15) is 9.59 Å². The Kier molecular flexibility index (Phi) is 6.41. The molecule has 0 radical (unpaired) electrons. The Morgan fingerprint density at radius 1 is 0.909 bits per heavy atom. The number of rotatable bonds is 6. The van der Waals surface area contributed by atoms with E-state index in [0.717, 1.165) is 10.1 Å². The number of anilines is 1. The van der Waals surface area contributed by atoms with E-state index in [-0.39, 0.29) is 5.56 Å². The number of aromatic nitrogens is 2. The fraction of sp³-hybridized carbons (Fsp3) is 0.160. The van der Waals surface area contributed by atoms with Crippen LogP contribution in [0.3, 0.4) is 0 Å². The smallest absolute Gasteiger partial charge is 0.332 e. The molecule has 0 fully saturated rings. The van der Waals surface area contributed by atoms with E-state index >= 15 is 0 Å². The van der Waals surface area contributed by atoms with Gasteiger partial charge in [0.05, 0.1) is 12.8 Å². The lowest BCUT2D eigenvalue weighted by Gasteiger charge is -2.26. The fourth-order valence-electron chi connectivity index (χ4n) is 3.53. The van der Waals surface area contributed by atoms with Crippen LogP contribution < -0.4 is 16.1 Å². The van der Waals surface area contributed by atoms with Crippen LogP contribution in [0.1, 0.15) is 16.9 Å². The van der Waals surface area contributed by atoms with Crippen molar-refractivity contribution in [2.75, 3.05) is 4.90 Å². The normalized spacial score (nSPS) is 10.4. The second-order valence-electron chi connectivity index (χ2n) is 7.47. The summed E-state index contributed by atoms with van der Waals surface area (Å²) in [7, 11) is 3.05. The van der Waals surface area contributed by atoms with Crippen LogP contribution in [0.2, 0.25) is 0 Å². The van der Waals surface area contributed by atoms with Crippen molar-refractivity contribution in [2.45, 2.75) is 13.1 Å². The van der Waals surface area contributed by atoms with Crippen LogP contribution in [0, 0.1) is 6.07 Å². The van der Waals surface area contributed by atoms with Gasteiger partial charge in [-0.2, -0.15) is 0 Å². The number of furan rings is 1. The SMILES string of the molecule is Cn1c(N(Cc2ccccc2)Cc2ccco2)c(C#[N+][N-]c2ccccc2)c(=O)n(C)c1=O. The van der Waals surface area contributed by atoms with Gasteiger partial charge in [-0.15, -0.1) is 0 Å². The van der Waals surface area contributed by atoms with Gasteiger partial charge in [0, 0.05) is 20.6 Å². The molecule has 2 aromatic heterocycles. The summed E-state index contributed by atoms with van der Waals surface area (Å²) in [5, 5.41) is 0. The average molecular weight is 441 g/mol. The van der Waals surface area contributed by atoms with Crippen molar-refractivity contribution in [2.24, 2.45) is 14.1 Å². The first-order valence-electron chi connectivity index (χ1n) is 10.4. The fourth-order valence-corrected chi connectivity index (χ4v) is 3.53. The largest absolute Gasteiger partial charge is 0.467 e. The van der Waals surface area contributed by atoms with Gasteiger partial charge in [-0.05, 0) is 17.7 Å². The molecular weight excluding hydrogens is 418 g/mol. The number of hydrogen-bond acceptors (Lipinski definition) is 4. The molecule has 4 aromatic rings. The zero-order valence-electron chi connectivity index (χ0n) is 18.4. The van der Waals surface area contributed by atoms with Gasteiger partial charge in [-0.25, -0.2) is 4.79 Å². The van der Waals surface area contributed by atoms with E-state index in [0.29, 0.717) is 30.4 Å². The summed E-state index contributed by atoms with van der Waals surface area (Å²) < 4.78 is 8.01. The molecule has 2 aromatic carbocycles. The summed E-state index contributed by atoms with van der Waals surface area (Å²) in [4.78, 5) is 31.8. The molecule has 0 aliphatic heterocycles. The molecule has 166 valence electrons. The molecule has 0 unspecified atom stereocenters. The van der Waals surface area contributed by atoms with Crippen LogP contribution in [0.25, 0.3) is 10.4 Å². The molecule has 0 N–H and O–H groups in total. The van der Waals surface area contributed by atoms with Crippen molar-refractivity contribution in [3.05, 3.63) is 127 Å². The van der Waals surface area contributed by atoms with E-state index < -0.39 is 11.2 Å². The Bertz CT molecular complexity index is 1400. The molecule has 0 saturated heterocycles. The van der Waals surface area contributed by atoms with Crippen molar-refractivity contribution in [1.29, 1.82) is 0 Å². The minimum absolute atomic E-state index is 0.141. The molecule has 2 heterocycles. The third kappa shape index (κ3) is 4.88. The lowest BCUT2D eigenvalue weighted by molar-refractivity contribution is 0.497. The predicted octanol–water partition coefficient (Wildman–Crippen LogP) is 4.19. The minimum atomic E-state index is -0.502. The number of benzene rings is 2. The number of hydrogen-bond donors (Lipinski definition) is 0. The van der Waals surface area contributed by atoms with E-state index in [1.165, 1.54) is 11.6 Å². The summed E-state index contributed by atoms with van der Waals surface area (Å²) >= 11 is 0. The monoisotopic (exact) mass is 441 g/mol. The maximum Gasteiger partial charge on any atom is 0.332 e. The van der Waals surface area contributed by atoms with Crippen LogP contribution in [0.5, 0.6) is 0 Å². The molecule has 8 heteroatoms. The molecule has 0 bridgehead atoms. The second kappa shape index (κ2) is 9.75. The van der Waals surface area contributed by atoms with Crippen molar-refractivity contribution in [3.8, 4) is 6.07 Å². The standard InChI is InChI=1S/C25H23N5O3/c1-28-23(30(18-21-14-9-15-33-21)17-19-10-5-3-6-11-19)22(24(31)29(2)25(28)32)16-26-27-20-12-7-4-8-13-20/h3-15H,17-18H2,1-2H3. The Morgan fingerprint density at radius 2 is 1.61 bits per heavy atom. The number of nitrogens with zero attached hydrogens (tertiary/aromatic N) is 5. The zero-order valence-corrected chi connectivity index (χ0v) is 18.4. The van der Waals surface area contributed by atoms with E-state index in [2.05, 4.69) is 16.4 Å². The molecule has 33 heavy (non-hydrogen) atoms. The quantitative estimate of drug-likeness (QED) is 0.421. The third-order valence-corrected chi connectivity index (χ3v) is 5.16. The molecule has 8 nitrogen and oxygen atoms in total. The first kappa shape index (κ1) is 21.7. The van der Waals surface area contributed by atoms with Crippen LogP contribution in [0.4, 0.5) is 11.5 Å². The molecule has 0 atom stereocenters. The first-order chi connectivity index (χ1) is 16.0. The van der Waals surface area contributed by atoms with Gasteiger partial charge in [0.1, 0.15) is 11.6 Å². The van der Waals surface area contributed by atoms with Gasteiger partial charge < -0.3 is 9.32 Å². The highest BCUT2D eigenvalue weighted by molar-refractivity contribution is 5.57. The maximum absolute atomic E-state index is 13.1.